The van der Waals surface area contributed by atoms with Crippen molar-refractivity contribution in [2.24, 2.45) is 17.3 Å². The number of fused-ring (bicyclic) bond motifs is 2. The van der Waals surface area contributed by atoms with E-state index >= 15 is 0 Å². The highest BCUT2D eigenvalue weighted by Gasteiger charge is 2.65. The monoisotopic (exact) mass is 420 g/mol. The van der Waals surface area contributed by atoms with Crippen molar-refractivity contribution in [3.63, 3.8) is 0 Å². The number of esters is 3. The van der Waals surface area contributed by atoms with Crippen molar-refractivity contribution in [1.82, 2.24) is 0 Å². The third kappa shape index (κ3) is 3.71. The summed E-state index contributed by atoms with van der Waals surface area (Å²) in [6, 6.07) is 0. The van der Waals surface area contributed by atoms with Gasteiger partial charge in [0, 0.05) is 23.8 Å². The molecule has 2 rings (SSSR count). The second-order valence-corrected chi connectivity index (χ2v) is 8.19. The number of hydrogen-bond donors (Lipinski definition) is 1. The van der Waals surface area contributed by atoms with Crippen LogP contribution in [0.1, 0.15) is 34.1 Å². The predicted molar refractivity (Wildman–Crippen MR) is 106 cm³/mol. The molecular formula is C22H28O8. The van der Waals surface area contributed by atoms with E-state index in [1.165, 1.54) is 19.9 Å². The third-order valence-electron chi connectivity index (χ3n) is 6.18. The SMILES string of the molecule is C=C[C@]1(C)[C@@H]2OC(=O)C(=C)[C@@H]([C@H]2OC(C)=O)[C@@H](OC(=O)[C@@](C)(O)CC)[C@H]1C(=C)C=O. The molecule has 1 saturated carbocycles. The van der Waals surface area contributed by atoms with E-state index in [1.54, 1.807) is 13.8 Å². The number of aliphatic hydroxyl groups is 1. The summed E-state index contributed by atoms with van der Waals surface area (Å²) in [6.07, 6.45) is -1.17. The minimum absolute atomic E-state index is 0.0683. The molecule has 7 atom stereocenters. The van der Waals surface area contributed by atoms with Gasteiger partial charge in [0.25, 0.3) is 0 Å². The van der Waals surface area contributed by atoms with Crippen LogP contribution in [0.3, 0.4) is 0 Å². The van der Waals surface area contributed by atoms with Crippen molar-refractivity contribution in [3.05, 3.63) is 37.0 Å². The Bertz CT molecular complexity index is 810. The second-order valence-electron chi connectivity index (χ2n) is 8.19. The quantitative estimate of drug-likeness (QED) is 0.217. The minimum atomic E-state index is -1.80. The van der Waals surface area contributed by atoms with Crippen molar-refractivity contribution in [2.75, 3.05) is 0 Å². The molecule has 2 fully saturated rings. The minimum Gasteiger partial charge on any atom is -0.459 e. The second kappa shape index (κ2) is 8.18. The topological polar surface area (TPSA) is 116 Å². The molecule has 2 bridgehead atoms. The molecule has 1 aliphatic carbocycles. The van der Waals surface area contributed by atoms with Gasteiger partial charge in [-0.15, -0.1) is 6.58 Å². The van der Waals surface area contributed by atoms with Crippen LogP contribution in [0, 0.1) is 17.3 Å². The Morgan fingerprint density at radius 1 is 1.33 bits per heavy atom. The number of aldehydes is 1. The lowest BCUT2D eigenvalue weighted by atomic mass is 9.55. The highest BCUT2D eigenvalue weighted by atomic mass is 16.6. The van der Waals surface area contributed by atoms with Crippen molar-refractivity contribution in [1.29, 1.82) is 0 Å². The van der Waals surface area contributed by atoms with Crippen molar-refractivity contribution < 1.29 is 38.5 Å². The first-order valence-corrected chi connectivity index (χ1v) is 9.63. The van der Waals surface area contributed by atoms with Crippen LogP contribution in [0.25, 0.3) is 0 Å². The van der Waals surface area contributed by atoms with Gasteiger partial charge in [-0.2, -0.15) is 0 Å². The maximum atomic E-state index is 12.7. The molecule has 0 spiro atoms. The normalized spacial score (nSPS) is 34.8. The first-order valence-electron chi connectivity index (χ1n) is 9.63. The number of rotatable bonds is 7. The Balaban J connectivity index is 2.71. The van der Waals surface area contributed by atoms with Crippen molar-refractivity contribution in [2.45, 2.75) is 58.0 Å². The molecule has 0 aromatic heterocycles. The van der Waals surface area contributed by atoms with Gasteiger partial charge in [0.2, 0.25) is 0 Å². The molecule has 8 nitrogen and oxygen atoms in total. The number of carbonyl (C=O) groups excluding carboxylic acids is 4. The highest BCUT2D eigenvalue weighted by molar-refractivity contribution is 5.90. The van der Waals surface area contributed by atoms with E-state index in [2.05, 4.69) is 19.7 Å². The Hall–Kier alpha value is -2.74. The zero-order valence-corrected chi connectivity index (χ0v) is 17.7. The lowest BCUT2D eigenvalue weighted by molar-refractivity contribution is -0.227. The zero-order valence-electron chi connectivity index (χ0n) is 17.7. The maximum absolute atomic E-state index is 12.7. The molecule has 0 unspecified atom stereocenters. The van der Waals surface area contributed by atoms with Gasteiger partial charge < -0.3 is 19.3 Å². The lowest BCUT2D eigenvalue weighted by Gasteiger charge is -2.56. The molecule has 8 heteroatoms. The Labute approximate surface area is 175 Å². The van der Waals surface area contributed by atoms with E-state index in [0.717, 1.165) is 0 Å². The molecule has 164 valence electrons. The molecule has 0 amide bonds. The van der Waals surface area contributed by atoms with Crippen LogP contribution in [-0.4, -0.2) is 53.2 Å². The van der Waals surface area contributed by atoms with Crippen LogP contribution >= 0.6 is 0 Å². The average Bonchev–Trinajstić information content (AvgIpc) is 2.68. The van der Waals surface area contributed by atoms with Crippen LogP contribution < -0.4 is 0 Å². The van der Waals surface area contributed by atoms with Crippen LogP contribution in [0.4, 0.5) is 0 Å². The summed E-state index contributed by atoms with van der Waals surface area (Å²) in [5.41, 5.74) is -2.97. The average molecular weight is 420 g/mol. The molecule has 1 heterocycles. The van der Waals surface area contributed by atoms with Crippen molar-refractivity contribution >= 4 is 24.2 Å². The summed E-state index contributed by atoms with van der Waals surface area (Å²) in [7, 11) is 0. The molecular weight excluding hydrogens is 392 g/mol. The standard InChI is InChI=1S/C22H28O8/c1-8-21(6)15(11(3)10-23)16(29-20(26)22(7,27)9-2)14-12(4)19(25)30-18(21)17(14)28-13(5)24/h8,10,14-18,27H,1,3-4,9H2,2,5-7H3/t14-,15-,16-,17-,18-,21+,22+/m1/s1. The first-order chi connectivity index (χ1) is 13.8. The van der Waals surface area contributed by atoms with Gasteiger partial charge in [-0.25, -0.2) is 9.59 Å². The number of carbonyl (C=O) groups is 4. The summed E-state index contributed by atoms with van der Waals surface area (Å²) in [6.45, 7) is 17.1. The van der Waals surface area contributed by atoms with Gasteiger partial charge in [-0.05, 0) is 18.9 Å². The highest BCUT2D eigenvalue weighted by Crippen LogP contribution is 2.54. The maximum Gasteiger partial charge on any atom is 0.338 e. The summed E-state index contributed by atoms with van der Waals surface area (Å²) in [5, 5.41) is 10.4. The van der Waals surface area contributed by atoms with Gasteiger partial charge in [0.1, 0.15) is 18.5 Å². The predicted octanol–water partition coefficient (Wildman–Crippen LogP) is 1.67. The van der Waals surface area contributed by atoms with Gasteiger partial charge in [-0.1, -0.05) is 33.1 Å². The van der Waals surface area contributed by atoms with Gasteiger partial charge in [-0.3, -0.25) is 9.59 Å². The fraction of sp³-hybridized carbons (Fsp3) is 0.545. The van der Waals surface area contributed by atoms with Crippen LogP contribution in [0.15, 0.2) is 37.0 Å². The summed E-state index contributed by atoms with van der Waals surface area (Å²) in [4.78, 5) is 48.7. The Morgan fingerprint density at radius 3 is 2.40 bits per heavy atom. The Kier molecular flexibility index (Phi) is 6.42. The lowest BCUT2D eigenvalue weighted by Crippen LogP contribution is -2.67. The molecule has 0 aromatic rings. The van der Waals surface area contributed by atoms with Gasteiger partial charge >= 0.3 is 17.9 Å². The van der Waals surface area contributed by atoms with Crippen LogP contribution in [0.2, 0.25) is 0 Å². The van der Waals surface area contributed by atoms with E-state index in [1.807, 2.05) is 0 Å². The summed E-state index contributed by atoms with van der Waals surface area (Å²) < 4.78 is 16.7. The molecule has 1 saturated heterocycles. The zero-order chi connectivity index (χ0) is 23.0. The number of ether oxygens (including phenoxy) is 3. The Morgan fingerprint density at radius 2 is 1.93 bits per heavy atom. The van der Waals surface area contributed by atoms with Crippen LogP contribution in [0.5, 0.6) is 0 Å². The third-order valence-corrected chi connectivity index (χ3v) is 6.18. The van der Waals surface area contributed by atoms with Gasteiger partial charge in [0.05, 0.1) is 5.92 Å². The fourth-order valence-electron chi connectivity index (χ4n) is 4.18. The van der Waals surface area contributed by atoms with E-state index in [9.17, 15) is 24.3 Å². The largest absolute Gasteiger partial charge is 0.459 e. The van der Waals surface area contributed by atoms with E-state index in [4.69, 9.17) is 14.2 Å². The van der Waals surface area contributed by atoms with Gasteiger partial charge in [0.15, 0.2) is 11.7 Å². The summed E-state index contributed by atoms with van der Waals surface area (Å²) in [5.74, 6) is -4.18. The first kappa shape index (κ1) is 23.5. The van der Waals surface area contributed by atoms with E-state index in [-0.39, 0.29) is 17.6 Å². The molecule has 1 aliphatic heterocycles. The van der Waals surface area contributed by atoms with E-state index in [0.29, 0.717) is 6.29 Å². The molecule has 2 aliphatic rings. The van der Waals surface area contributed by atoms with E-state index < -0.39 is 59.1 Å². The van der Waals surface area contributed by atoms with Crippen molar-refractivity contribution in [3.8, 4) is 0 Å². The fourth-order valence-corrected chi connectivity index (χ4v) is 4.18. The molecule has 1 N–H and O–H groups in total. The summed E-state index contributed by atoms with van der Waals surface area (Å²) >= 11 is 0. The van der Waals surface area contributed by atoms with Crippen LogP contribution in [-0.2, 0) is 33.4 Å². The molecule has 30 heavy (non-hydrogen) atoms. The molecule has 0 radical (unpaired) electrons. The smallest absolute Gasteiger partial charge is 0.338 e. The molecule has 0 aromatic carbocycles. The number of hydrogen-bond acceptors (Lipinski definition) is 8.